The highest BCUT2D eigenvalue weighted by atomic mass is 19.1. The van der Waals surface area contributed by atoms with Gasteiger partial charge in [0.05, 0.1) is 0 Å². The van der Waals surface area contributed by atoms with Crippen molar-refractivity contribution in [2.45, 2.75) is 32.4 Å². The number of anilines is 1. The van der Waals surface area contributed by atoms with E-state index in [1.165, 1.54) is 0 Å². The number of ether oxygens (including phenoxy) is 1. The van der Waals surface area contributed by atoms with E-state index in [1.54, 1.807) is 23.1 Å². The number of rotatable bonds is 5. The fourth-order valence-electron chi connectivity index (χ4n) is 4.11. The summed E-state index contributed by atoms with van der Waals surface area (Å²) in [5.74, 6) is -1.75. The van der Waals surface area contributed by atoms with Crippen LogP contribution >= 0.6 is 0 Å². The first-order valence-electron chi connectivity index (χ1n) is 10.6. The van der Waals surface area contributed by atoms with Crippen LogP contribution in [0, 0.1) is 24.1 Å². The van der Waals surface area contributed by atoms with Crippen LogP contribution < -0.4 is 10.1 Å². The maximum atomic E-state index is 13.3. The Labute approximate surface area is 189 Å². The lowest BCUT2D eigenvalue weighted by atomic mass is 9.99. The number of likely N-dealkylation sites (tertiary alicyclic amines) is 1. The molecule has 2 heterocycles. The summed E-state index contributed by atoms with van der Waals surface area (Å²) in [7, 11) is 0. The SMILES string of the molecule is [C-]#[N+][C@@H]1CCCN1C(=O)[C@@H](C)Cc1c[nH]c2ccc(OC(=O)Nc3cc(F)cc(F)c3)cc12. The second kappa shape index (κ2) is 9.28. The summed E-state index contributed by atoms with van der Waals surface area (Å²) >= 11 is 0. The van der Waals surface area contributed by atoms with E-state index in [9.17, 15) is 18.4 Å². The van der Waals surface area contributed by atoms with Gasteiger partial charge in [-0.3, -0.25) is 19.9 Å². The number of amides is 2. The minimum atomic E-state index is -0.890. The van der Waals surface area contributed by atoms with Gasteiger partial charge in [0.15, 0.2) is 0 Å². The van der Waals surface area contributed by atoms with E-state index >= 15 is 0 Å². The average molecular weight is 452 g/mol. The van der Waals surface area contributed by atoms with Crippen LogP contribution in [0.3, 0.4) is 0 Å². The minimum absolute atomic E-state index is 0.0445. The zero-order valence-electron chi connectivity index (χ0n) is 17.9. The van der Waals surface area contributed by atoms with Gasteiger partial charge in [0.2, 0.25) is 5.91 Å². The zero-order valence-corrected chi connectivity index (χ0v) is 17.9. The van der Waals surface area contributed by atoms with E-state index < -0.39 is 17.7 Å². The lowest BCUT2D eigenvalue weighted by Crippen LogP contribution is -2.38. The maximum absolute atomic E-state index is 13.3. The quantitative estimate of drug-likeness (QED) is 0.529. The van der Waals surface area contributed by atoms with Gasteiger partial charge in [-0.1, -0.05) is 6.92 Å². The van der Waals surface area contributed by atoms with Crippen molar-refractivity contribution in [3.63, 3.8) is 0 Å². The molecule has 2 atom stereocenters. The zero-order chi connectivity index (χ0) is 23.5. The van der Waals surface area contributed by atoms with Crippen LogP contribution in [0.5, 0.6) is 5.75 Å². The molecule has 4 rings (SSSR count). The van der Waals surface area contributed by atoms with Crippen molar-refractivity contribution in [1.82, 2.24) is 9.88 Å². The standard InChI is InChI=1S/C24H22F2N4O3/c1-14(23(31)30-7-3-4-22(30)27-2)8-15-13-28-21-6-5-19(12-20(15)21)33-24(32)29-18-10-16(25)9-17(26)11-18/h5-6,9-14,22,28H,3-4,7-8H2,1H3,(H,29,32)/t14-,22-/m0/s1. The van der Waals surface area contributed by atoms with Crippen LogP contribution in [0.15, 0.2) is 42.6 Å². The largest absolute Gasteiger partial charge is 0.417 e. The molecule has 170 valence electrons. The predicted octanol–water partition coefficient (Wildman–Crippen LogP) is 5.10. The summed E-state index contributed by atoms with van der Waals surface area (Å²) in [6.45, 7) is 9.73. The van der Waals surface area contributed by atoms with E-state index in [1.807, 2.05) is 13.1 Å². The minimum Gasteiger partial charge on any atom is -0.410 e. The Kier molecular flexibility index (Phi) is 6.27. The molecule has 3 aromatic rings. The molecule has 2 amide bonds. The lowest BCUT2D eigenvalue weighted by molar-refractivity contribution is -0.135. The molecule has 1 aliphatic heterocycles. The molecular weight excluding hydrogens is 430 g/mol. The topological polar surface area (TPSA) is 78.8 Å². The van der Waals surface area contributed by atoms with Crippen LogP contribution in [0.25, 0.3) is 15.7 Å². The summed E-state index contributed by atoms with van der Waals surface area (Å²) in [5, 5.41) is 3.08. The van der Waals surface area contributed by atoms with Crippen LogP contribution in [0.1, 0.15) is 25.3 Å². The molecule has 1 aliphatic rings. The number of carbonyl (C=O) groups excluding carboxylic acids is 2. The molecule has 0 radical (unpaired) electrons. The van der Waals surface area contributed by atoms with Crippen molar-refractivity contribution < 1.29 is 23.1 Å². The molecular formula is C24H22F2N4O3. The molecule has 0 aliphatic carbocycles. The first-order valence-corrected chi connectivity index (χ1v) is 10.6. The number of halogens is 2. The Morgan fingerprint density at radius 1 is 1.27 bits per heavy atom. The Morgan fingerprint density at radius 2 is 2.03 bits per heavy atom. The number of hydrogen-bond donors (Lipinski definition) is 2. The molecule has 1 saturated heterocycles. The molecule has 9 heteroatoms. The number of nitrogens with zero attached hydrogens (tertiary/aromatic N) is 2. The van der Waals surface area contributed by atoms with E-state index in [-0.39, 0.29) is 29.4 Å². The Morgan fingerprint density at radius 3 is 2.76 bits per heavy atom. The van der Waals surface area contributed by atoms with Crippen LogP contribution in [0.4, 0.5) is 19.3 Å². The molecule has 1 aromatic heterocycles. The van der Waals surface area contributed by atoms with Crippen molar-refractivity contribution in [3.8, 4) is 5.75 Å². The summed E-state index contributed by atoms with van der Waals surface area (Å²) in [4.78, 5) is 33.4. The van der Waals surface area contributed by atoms with Gasteiger partial charge in [-0.05, 0) is 48.7 Å². The second-order valence-electron chi connectivity index (χ2n) is 8.08. The fraction of sp³-hybridized carbons (Fsp3) is 0.292. The second-order valence-corrected chi connectivity index (χ2v) is 8.08. The van der Waals surface area contributed by atoms with Gasteiger partial charge in [-0.15, -0.1) is 0 Å². The van der Waals surface area contributed by atoms with Gasteiger partial charge in [0.1, 0.15) is 17.4 Å². The van der Waals surface area contributed by atoms with E-state index in [0.29, 0.717) is 25.5 Å². The van der Waals surface area contributed by atoms with Crippen molar-refractivity contribution >= 4 is 28.6 Å². The summed E-state index contributed by atoms with van der Waals surface area (Å²) in [6, 6.07) is 7.67. The number of aromatic nitrogens is 1. The molecule has 0 unspecified atom stereocenters. The van der Waals surface area contributed by atoms with Gasteiger partial charge in [-0.25, -0.2) is 20.1 Å². The van der Waals surface area contributed by atoms with E-state index in [4.69, 9.17) is 11.3 Å². The molecule has 0 saturated carbocycles. The molecule has 7 nitrogen and oxygen atoms in total. The predicted molar refractivity (Wildman–Crippen MR) is 119 cm³/mol. The van der Waals surface area contributed by atoms with Crippen molar-refractivity contribution in [2.75, 3.05) is 11.9 Å². The number of aromatic amines is 1. The number of hydrogen-bond acceptors (Lipinski definition) is 3. The lowest BCUT2D eigenvalue weighted by Gasteiger charge is -2.20. The first-order chi connectivity index (χ1) is 15.8. The molecule has 2 aromatic carbocycles. The van der Waals surface area contributed by atoms with Gasteiger partial charge < -0.3 is 9.72 Å². The third-order valence-electron chi connectivity index (χ3n) is 5.66. The number of benzene rings is 2. The van der Waals surface area contributed by atoms with Gasteiger partial charge >= 0.3 is 12.3 Å². The first kappa shape index (κ1) is 22.3. The number of nitrogens with one attached hydrogen (secondary N) is 2. The molecule has 1 fully saturated rings. The number of fused-ring (bicyclic) bond motifs is 1. The molecule has 2 N–H and O–H groups in total. The van der Waals surface area contributed by atoms with Crippen LogP contribution in [-0.2, 0) is 11.2 Å². The maximum Gasteiger partial charge on any atom is 0.417 e. The normalized spacial score (nSPS) is 16.4. The summed E-state index contributed by atoms with van der Waals surface area (Å²) in [5.41, 5.74) is 1.63. The number of H-pyrrole nitrogens is 1. The highest BCUT2D eigenvalue weighted by Crippen LogP contribution is 2.28. The average Bonchev–Trinajstić information content (AvgIpc) is 3.39. The van der Waals surface area contributed by atoms with Gasteiger partial charge in [-0.2, -0.15) is 0 Å². The van der Waals surface area contributed by atoms with E-state index in [2.05, 4.69) is 15.1 Å². The number of carbonyl (C=O) groups is 2. The van der Waals surface area contributed by atoms with Crippen molar-refractivity contribution in [2.24, 2.45) is 5.92 Å². The fourth-order valence-corrected chi connectivity index (χ4v) is 4.11. The molecule has 0 spiro atoms. The van der Waals surface area contributed by atoms with Crippen molar-refractivity contribution in [3.05, 3.63) is 71.2 Å². The van der Waals surface area contributed by atoms with Crippen molar-refractivity contribution in [1.29, 1.82) is 0 Å². The highest BCUT2D eigenvalue weighted by molar-refractivity contribution is 5.89. The smallest absolute Gasteiger partial charge is 0.410 e. The van der Waals surface area contributed by atoms with Crippen LogP contribution in [-0.4, -0.2) is 34.6 Å². The summed E-state index contributed by atoms with van der Waals surface area (Å²) < 4.78 is 31.9. The Hall–Kier alpha value is -3.93. The monoisotopic (exact) mass is 452 g/mol. The third kappa shape index (κ3) is 4.95. The summed E-state index contributed by atoms with van der Waals surface area (Å²) in [6.07, 6.45) is 2.54. The third-order valence-corrected chi connectivity index (χ3v) is 5.66. The van der Waals surface area contributed by atoms with Crippen LogP contribution in [0.2, 0.25) is 0 Å². The molecule has 33 heavy (non-hydrogen) atoms. The van der Waals surface area contributed by atoms with Gasteiger partial charge in [0, 0.05) is 47.7 Å². The Bertz CT molecular complexity index is 1230. The highest BCUT2D eigenvalue weighted by Gasteiger charge is 2.35. The molecule has 0 bridgehead atoms. The van der Waals surface area contributed by atoms with Gasteiger partial charge in [0.25, 0.3) is 0 Å². The van der Waals surface area contributed by atoms with E-state index in [0.717, 1.165) is 35.0 Å². The Balaban J connectivity index is 1.46.